The molecule has 0 aliphatic heterocycles. The maximum absolute atomic E-state index is 10.9. The lowest BCUT2D eigenvalue weighted by Crippen LogP contribution is -2.09. The number of carbonyl (C=O) groups is 2. The highest BCUT2D eigenvalue weighted by Crippen LogP contribution is 2.02. The molecule has 0 amide bonds. The fourth-order valence-corrected chi connectivity index (χ4v) is 0.540. The van der Waals surface area contributed by atoms with Gasteiger partial charge in [0.15, 0.2) is 0 Å². The standard InChI is InChI=1S/C9H10O4/c1-4-12-8(10)6-7(3)9(11)13-5-2/h4-5H,1-3,6H2. The van der Waals surface area contributed by atoms with Gasteiger partial charge in [-0.25, -0.2) is 4.79 Å². The summed E-state index contributed by atoms with van der Waals surface area (Å²) in [6.07, 6.45) is 1.72. The maximum Gasteiger partial charge on any atom is 0.338 e. The van der Waals surface area contributed by atoms with Crippen LogP contribution in [0.2, 0.25) is 0 Å². The second kappa shape index (κ2) is 5.77. The van der Waals surface area contributed by atoms with Gasteiger partial charge < -0.3 is 9.47 Å². The SMILES string of the molecule is C=COC(=O)CC(=C)C(=O)OC=C. The molecule has 0 aliphatic carbocycles. The minimum Gasteiger partial charge on any atom is -0.435 e. The van der Waals surface area contributed by atoms with Crippen molar-refractivity contribution in [3.63, 3.8) is 0 Å². The third-order valence-electron chi connectivity index (χ3n) is 1.05. The molecule has 0 fully saturated rings. The second-order valence-electron chi connectivity index (χ2n) is 2.01. The molecule has 0 aromatic carbocycles. The molecule has 0 heterocycles. The largest absolute Gasteiger partial charge is 0.435 e. The van der Waals surface area contributed by atoms with Crippen molar-refractivity contribution in [1.82, 2.24) is 0 Å². The smallest absolute Gasteiger partial charge is 0.338 e. The molecule has 0 saturated carbocycles. The van der Waals surface area contributed by atoms with Crippen molar-refractivity contribution < 1.29 is 19.1 Å². The predicted octanol–water partition coefficient (Wildman–Crippen LogP) is 1.31. The summed E-state index contributed by atoms with van der Waals surface area (Å²) < 4.78 is 8.75. The summed E-state index contributed by atoms with van der Waals surface area (Å²) in [6.45, 7) is 9.70. The average Bonchev–Trinajstić information content (AvgIpc) is 2.05. The quantitative estimate of drug-likeness (QED) is 0.365. The molecular formula is C9H10O4. The van der Waals surface area contributed by atoms with Crippen LogP contribution in [0.3, 0.4) is 0 Å². The second-order valence-corrected chi connectivity index (χ2v) is 2.01. The normalized spacial score (nSPS) is 8.31. The molecule has 0 unspecified atom stereocenters. The zero-order valence-electron chi connectivity index (χ0n) is 7.12. The molecule has 0 rings (SSSR count). The Balaban J connectivity index is 3.99. The Hall–Kier alpha value is -1.84. The first-order valence-electron chi connectivity index (χ1n) is 3.42. The highest BCUT2D eigenvalue weighted by Gasteiger charge is 2.12. The summed E-state index contributed by atoms with van der Waals surface area (Å²) in [5.41, 5.74) is 0.00625. The summed E-state index contributed by atoms with van der Waals surface area (Å²) in [4.78, 5) is 21.6. The molecule has 0 aliphatic rings. The lowest BCUT2D eigenvalue weighted by Gasteiger charge is -2.01. The van der Waals surface area contributed by atoms with Crippen molar-refractivity contribution in [2.45, 2.75) is 6.42 Å². The summed E-state index contributed by atoms with van der Waals surface area (Å²) in [5, 5.41) is 0. The van der Waals surface area contributed by atoms with Crippen molar-refractivity contribution in [2.24, 2.45) is 0 Å². The van der Waals surface area contributed by atoms with Gasteiger partial charge in [0.2, 0.25) is 0 Å². The van der Waals surface area contributed by atoms with E-state index in [-0.39, 0.29) is 12.0 Å². The Morgan fingerprint density at radius 3 is 2.15 bits per heavy atom. The molecular weight excluding hydrogens is 172 g/mol. The van der Waals surface area contributed by atoms with Crippen LogP contribution in [0, 0.1) is 0 Å². The first kappa shape index (κ1) is 11.2. The van der Waals surface area contributed by atoms with Gasteiger partial charge in [-0.1, -0.05) is 19.7 Å². The fraction of sp³-hybridized carbons (Fsp3) is 0.111. The van der Waals surface area contributed by atoms with E-state index >= 15 is 0 Å². The first-order chi connectivity index (χ1) is 6.11. The molecule has 0 N–H and O–H groups in total. The van der Waals surface area contributed by atoms with Gasteiger partial charge in [0.25, 0.3) is 0 Å². The molecule has 0 atom stereocenters. The molecule has 4 heteroatoms. The Labute approximate surface area is 76.1 Å². The van der Waals surface area contributed by atoms with Crippen molar-refractivity contribution in [2.75, 3.05) is 0 Å². The molecule has 0 bridgehead atoms. The van der Waals surface area contributed by atoms with E-state index in [4.69, 9.17) is 0 Å². The van der Waals surface area contributed by atoms with Crippen LogP contribution < -0.4 is 0 Å². The van der Waals surface area contributed by atoms with Gasteiger partial charge in [0, 0.05) is 5.57 Å². The molecule has 70 valence electrons. The minimum absolute atomic E-state index is 0.00625. The summed E-state index contributed by atoms with van der Waals surface area (Å²) in [5.74, 6) is -1.31. The highest BCUT2D eigenvalue weighted by molar-refractivity contribution is 5.93. The molecule has 0 radical (unpaired) electrons. The maximum atomic E-state index is 10.9. The van der Waals surface area contributed by atoms with Gasteiger partial charge >= 0.3 is 11.9 Å². The minimum atomic E-state index is -0.698. The summed E-state index contributed by atoms with van der Waals surface area (Å²) >= 11 is 0. The third-order valence-corrected chi connectivity index (χ3v) is 1.05. The topological polar surface area (TPSA) is 52.6 Å². The van der Waals surface area contributed by atoms with Crippen LogP contribution in [-0.4, -0.2) is 11.9 Å². The van der Waals surface area contributed by atoms with E-state index in [9.17, 15) is 9.59 Å². The Bertz CT molecular complexity index is 252. The molecule has 0 saturated heterocycles. The fourth-order valence-electron chi connectivity index (χ4n) is 0.540. The van der Waals surface area contributed by atoms with Crippen molar-refractivity contribution in [1.29, 1.82) is 0 Å². The first-order valence-corrected chi connectivity index (χ1v) is 3.42. The van der Waals surface area contributed by atoms with Crippen LogP contribution in [0.15, 0.2) is 37.8 Å². The van der Waals surface area contributed by atoms with E-state index < -0.39 is 11.9 Å². The number of esters is 2. The van der Waals surface area contributed by atoms with Crippen molar-refractivity contribution >= 4 is 11.9 Å². The molecule has 13 heavy (non-hydrogen) atoms. The lowest BCUT2D eigenvalue weighted by atomic mass is 10.2. The Morgan fingerprint density at radius 2 is 1.69 bits per heavy atom. The van der Waals surface area contributed by atoms with Crippen LogP contribution >= 0.6 is 0 Å². The van der Waals surface area contributed by atoms with Gasteiger partial charge in [0.05, 0.1) is 18.9 Å². The monoisotopic (exact) mass is 182 g/mol. The van der Waals surface area contributed by atoms with Gasteiger partial charge in [-0.2, -0.15) is 0 Å². The van der Waals surface area contributed by atoms with E-state index in [1.807, 2.05) is 0 Å². The molecule has 0 aromatic rings. The van der Waals surface area contributed by atoms with E-state index in [1.54, 1.807) is 0 Å². The number of carbonyl (C=O) groups excluding carboxylic acids is 2. The molecule has 0 spiro atoms. The number of rotatable bonds is 5. The van der Waals surface area contributed by atoms with Crippen LogP contribution in [0.4, 0.5) is 0 Å². The summed E-state index contributed by atoms with van der Waals surface area (Å²) in [7, 11) is 0. The molecule has 0 aromatic heterocycles. The van der Waals surface area contributed by atoms with E-state index in [1.165, 1.54) is 0 Å². The van der Waals surface area contributed by atoms with Crippen LogP contribution in [0.1, 0.15) is 6.42 Å². The van der Waals surface area contributed by atoms with Crippen LogP contribution in [0.5, 0.6) is 0 Å². The van der Waals surface area contributed by atoms with Crippen LogP contribution in [-0.2, 0) is 19.1 Å². The number of hydrogen-bond donors (Lipinski definition) is 0. The zero-order chi connectivity index (χ0) is 10.3. The number of ether oxygens (including phenoxy) is 2. The predicted molar refractivity (Wildman–Crippen MR) is 46.3 cm³/mol. The number of hydrogen-bond acceptors (Lipinski definition) is 4. The average molecular weight is 182 g/mol. The lowest BCUT2D eigenvalue weighted by molar-refractivity contribution is -0.140. The Morgan fingerprint density at radius 1 is 1.15 bits per heavy atom. The third kappa shape index (κ3) is 4.58. The van der Waals surface area contributed by atoms with E-state index in [0.29, 0.717) is 0 Å². The van der Waals surface area contributed by atoms with Gasteiger partial charge in [-0.15, -0.1) is 0 Å². The summed E-state index contributed by atoms with van der Waals surface area (Å²) in [6, 6.07) is 0. The van der Waals surface area contributed by atoms with Gasteiger partial charge in [-0.05, 0) is 0 Å². The zero-order valence-corrected chi connectivity index (χ0v) is 7.12. The van der Waals surface area contributed by atoms with E-state index in [2.05, 4.69) is 29.2 Å². The van der Waals surface area contributed by atoms with Crippen molar-refractivity contribution in [3.8, 4) is 0 Å². The Kier molecular flexibility index (Phi) is 4.95. The van der Waals surface area contributed by atoms with Gasteiger partial charge in [-0.3, -0.25) is 4.79 Å². The van der Waals surface area contributed by atoms with Crippen LogP contribution in [0.25, 0.3) is 0 Å². The molecule has 4 nitrogen and oxygen atoms in total. The van der Waals surface area contributed by atoms with Gasteiger partial charge in [0.1, 0.15) is 0 Å². The highest BCUT2D eigenvalue weighted by atomic mass is 16.5. The van der Waals surface area contributed by atoms with E-state index in [0.717, 1.165) is 12.5 Å². The van der Waals surface area contributed by atoms with Crippen molar-refractivity contribution in [3.05, 3.63) is 37.8 Å².